The van der Waals surface area contributed by atoms with E-state index in [0.29, 0.717) is 11.1 Å². The van der Waals surface area contributed by atoms with Gasteiger partial charge in [0, 0.05) is 5.56 Å². The number of aryl methyl sites for hydroxylation is 2. The van der Waals surface area contributed by atoms with Gasteiger partial charge >= 0.3 is 0 Å². The third-order valence-corrected chi connectivity index (χ3v) is 3.66. The summed E-state index contributed by atoms with van der Waals surface area (Å²) in [6, 6.07) is 8.40. The van der Waals surface area contributed by atoms with Crippen LogP contribution in [0.25, 0.3) is 0 Å². The molecule has 2 rings (SSSR count). The number of nitrogens with one attached hydrogen (secondary N) is 1. The molecule has 4 heteroatoms. The molecule has 0 amide bonds. The maximum atomic E-state index is 14.2. The van der Waals surface area contributed by atoms with Gasteiger partial charge < -0.3 is 10.1 Å². The van der Waals surface area contributed by atoms with Crippen molar-refractivity contribution in [2.75, 3.05) is 14.2 Å². The van der Waals surface area contributed by atoms with E-state index in [2.05, 4.69) is 5.32 Å². The summed E-state index contributed by atoms with van der Waals surface area (Å²) in [6.07, 6.45) is 0. The lowest BCUT2D eigenvalue weighted by molar-refractivity contribution is 0.411. The fourth-order valence-electron chi connectivity index (χ4n) is 2.47. The van der Waals surface area contributed by atoms with E-state index < -0.39 is 17.7 Å². The molecule has 1 unspecified atom stereocenters. The predicted molar refractivity (Wildman–Crippen MR) is 79.7 cm³/mol. The molecule has 0 heterocycles. The molecule has 0 spiro atoms. The number of hydrogen-bond donors (Lipinski definition) is 1. The second-order valence-electron chi connectivity index (χ2n) is 5.05. The minimum absolute atomic E-state index is 0.296. The van der Waals surface area contributed by atoms with Crippen LogP contribution in [0, 0.1) is 25.5 Å². The first kappa shape index (κ1) is 15.4. The Morgan fingerprint density at radius 3 is 2.29 bits per heavy atom. The first-order chi connectivity index (χ1) is 9.99. The Labute approximate surface area is 123 Å². The normalized spacial score (nSPS) is 12.3. The van der Waals surface area contributed by atoms with E-state index >= 15 is 0 Å². The average Bonchev–Trinajstić information content (AvgIpc) is 2.48. The van der Waals surface area contributed by atoms with E-state index in [4.69, 9.17) is 4.74 Å². The zero-order valence-electron chi connectivity index (χ0n) is 12.6. The Kier molecular flexibility index (Phi) is 4.58. The highest BCUT2D eigenvalue weighted by Crippen LogP contribution is 2.29. The molecule has 21 heavy (non-hydrogen) atoms. The van der Waals surface area contributed by atoms with Crippen LogP contribution in [-0.4, -0.2) is 14.2 Å². The first-order valence-corrected chi connectivity index (χ1v) is 6.76. The van der Waals surface area contributed by atoms with E-state index in [0.717, 1.165) is 16.9 Å². The molecule has 2 aromatic carbocycles. The van der Waals surface area contributed by atoms with Crippen molar-refractivity contribution < 1.29 is 13.5 Å². The molecule has 1 atom stereocenters. The molecule has 0 fully saturated rings. The fourth-order valence-corrected chi connectivity index (χ4v) is 2.47. The van der Waals surface area contributed by atoms with E-state index in [1.54, 1.807) is 33.2 Å². The monoisotopic (exact) mass is 291 g/mol. The maximum Gasteiger partial charge on any atom is 0.164 e. The van der Waals surface area contributed by atoms with Crippen molar-refractivity contribution in [3.05, 3.63) is 64.2 Å². The number of rotatable bonds is 4. The summed E-state index contributed by atoms with van der Waals surface area (Å²) >= 11 is 0. The second kappa shape index (κ2) is 6.22. The largest absolute Gasteiger partial charge is 0.496 e. The molecule has 0 aliphatic heterocycles. The summed E-state index contributed by atoms with van der Waals surface area (Å²) < 4.78 is 33.2. The predicted octanol–water partition coefficient (Wildman–Crippen LogP) is 3.90. The third kappa shape index (κ3) is 2.90. The lowest BCUT2D eigenvalue weighted by atomic mass is 9.95. The highest BCUT2D eigenvalue weighted by Gasteiger charge is 2.20. The molecule has 0 radical (unpaired) electrons. The quantitative estimate of drug-likeness (QED) is 0.922. The molecular weight excluding hydrogens is 272 g/mol. The first-order valence-electron chi connectivity index (χ1n) is 6.76. The molecule has 1 N–H and O–H groups in total. The lowest BCUT2D eigenvalue weighted by Gasteiger charge is -2.20. The Morgan fingerprint density at radius 2 is 1.71 bits per heavy atom. The molecular formula is C17H19F2NO. The Bertz CT molecular complexity index is 655. The van der Waals surface area contributed by atoms with E-state index in [1.807, 2.05) is 25.1 Å². The van der Waals surface area contributed by atoms with Crippen LogP contribution in [0.4, 0.5) is 8.78 Å². The van der Waals surface area contributed by atoms with Gasteiger partial charge in [-0.25, -0.2) is 8.78 Å². The lowest BCUT2D eigenvalue weighted by Crippen LogP contribution is -2.20. The van der Waals surface area contributed by atoms with Gasteiger partial charge in [-0.2, -0.15) is 0 Å². The van der Waals surface area contributed by atoms with Crippen LogP contribution in [0.5, 0.6) is 5.75 Å². The fraction of sp³-hybridized carbons (Fsp3) is 0.294. The van der Waals surface area contributed by atoms with Gasteiger partial charge in [-0.15, -0.1) is 0 Å². The molecule has 0 aromatic heterocycles. The van der Waals surface area contributed by atoms with Crippen molar-refractivity contribution in [2.45, 2.75) is 19.9 Å². The van der Waals surface area contributed by atoms with Gasteiger partial charge in [-0.3, -0.25) is 0 Å². The molecule has 112 valence electrons. The SMILES string of the molecule is CNC(c1ccc(OC)c(C)c1)c1ccc(C)c(F)c1F. The molecule has 0 aliphatic rings. The number of halogens is 2. The van der Waals surface area contributed by atoms with Gasteiger partial charge in [0.15, 0.2) is 11.6 Å². The number of ether oxygens (including phenoxy) is 1. The van der Waals surface area contributed by atoms with Crippen molar-refractivity contribution in [3.8, 4) is 5.75 Å². The zero-order chi connectivity index (χ0) is 15.6. The topological polar surface area (TPSA) is 21.3 Å². The maximum absolute atomic E-state index is 14.2. The highest BCUT2D eigenvalue weighted by atomic mass is 19.2. The van der Waals surface area contributed by atoms with Crippen molar-refractivity contribution in [1.29, 1.82) is 0 Å². The van der Waals surface area contributed by atoms with Crippen LogP contribution < -0.4 is 10.1 Å². The smallest absolute Gasteiger partial charge is 0.164 e. The number of benzene rings is 2. The standard InChI is InChI=1S/C17H19F2NO/c1-10-5-7-13(16(19)15(10)18)17(20-3)12-6-8-14(21-4)11(2)9-12/h5-9,17,20H,1-4H3. The Hall–Kier alpha value is -1.94. The van der Waals surface area contributed by atoms with Crippen LogP contribution in [0.1, 0.15) is 28.3 Å². The summed E-state index contributed by atoms with van der Waals surface area (Å²) in [5.41, 5.74) is 2.41. The van der Waals surface area contributed by atoms with Crippen LogP contribution in [0.2, 0.25) is 0 Å². The van der Waals surface area contributed by atoms with Gasteiger partial charge in [-0.05, 0) is 43.7 Å². The summed E-state index contributed by atoms with van der Waals surface area (Å²) in [5.74, 6) is -0.829. The van der Waals surface area contributed by atoms with Crippen LogP contribution in [0.15, 0.2) is 30.3 Å². The second-order valence-corrected chi connectivity index (χ2v) is 5.05. The molecule has 2 aromatic rings. The number of methoxy groups -OCH3 is 1. The Morgan fingerprint density at radius 1 is 1.00 bits per heavy atom. The van der Waals surface area contributed by atoms with Gasteiger partial charge in [0.25, 0.3) is 0 Å². The van der Waals surface area contributed by atoms with Gasteiger partial charge in [0.1, 0.15) is 5.75 Å². The van der Waals surface area contributed by atoms with E-state index in [-0.39, 0.29) is 0 Å². The molecule has 2 nitrogen and oxygen atoms in total. The molecule has 0 saturated heterocycles. The van der Waals surface area contributed by atoms with Crippen molar-refractivity contribution >= 4 is 0 Å². The van der Waals surface area contributed by atoms with E-state index in [1.165, 1.54) is 0 Å². The van der Waals surface area contributed by atoms with Crippen LogP contribution in [-0.2, 0) is 0 Å². The zero-order valence-corrected chi connectivity index (χ0v) is 12.6. The summed E-state index contributed by atoms with van der Waals surface area (Å²) in [7, 11) is 3.33. The van der Waals surface area contributed by atoms with E-state index in [9.17, 15) is 8.78 Å². The summed E-state index contributed by atoms with van der Waals surface area (Å²) in [4.78, 5) is 0. The highest BCUT2D eigenvalue weighted by molar-refractivity contribution is 5.41. The number of hydrogen-bond acceptors (Lipinski definition) is 2. The van der Waals surface area contributed by atoms with Crippen molar-refractivity contribution in [2.24, 2.45) is 0 Å². The third-order valence-electron chi connectivity index (χ3n) is 3.66. The minimum Gasteiger partial charge on any atom is -0.496 e. The molecule has 0 saturated carbocycles. The minimum atomic E-state index is -0.803. The van der Waals surface area contributed by atoms with Crippen molar-refractivity contribution in [3.63, 3.8) is 0 Å². The summed E-state index contributed by atoms with van der Waals surface area (Å²) in [5, 5.41) is 3.04. The van der Waals surface area contributed by atoms with Gasteiger partial charge in [0.2, 0.25) is 0 Å². The summed E-state index contributed by atoms with van der Waals surface area (Å²) in [6.45, 7) is 3.47. The average molecular weight is 291 g/mol. The van der Waals surface area contributed by atoms with Crippen LogP contribution in [0.3, 0.4) is 0 Å². The van der Waals surface area contributed by atoms with Gasteiger partial charge in [0.05, 0.1) is 13.2 Å². The molecule has 0 aliphatic carbocycles. The Balaban J connectivity index is 2.50. The molecule has 0 bridgehead atoms. The van der Waals surface area contributed by atoms with Crippen molar-refractivity contribution in [1.82, 2.24) is 5.32 Å². The van der Waals surface area contributed by atoms with Crippen LogP contribution >= 0.6 is 0 Å². The van der Waals surface area contributed by atoms with Gasteiger partial charge in [-0.1, -0.05) is 24.3 Å².